The number of hydrogen-bond donors (Lipinski definition) is 0. The zero-order valence-electron chi connectivity index (χ0n) is 30.7. The molecule has 1 atom stereocenters. The van der Waals surface area contributed by atoms with E-state index in [-0.39, 0.29) is 24.8 Å². The van der Waals surface area contributed by atoms with E-state index in [1.807, 2.05) is 0 Å². The Morgan fingerprint density at radius 3 is 1.65 bits per heavy atom. The third-order valence-electron chi connectivity index (χ3n) is 9.77. The van der Waals surface area contributed by atoms with E-state index >= 15 is 0 Å². The van der Waals surface area contributed by atoms with E-state index < -0.39 is 47.0 Å². The van der Waals surface area contributed by atoms with Crippen molar-refractivity contribution >= 4 is 48.6 Å². The van der Waals surface area contributed by atoms with Crippen LogP contribution in [0.25, 0.3) is 16.7 Å². The summed E-state index contributed by atoms with van der Waals surface area (Å²) in [5.41, 5.74) is 15.8. The average Bonchev–Trinajstić information content (AvgIpc) is 3.61. The molecule has 0 spiro atoms. The van der Waals surface area contributed by atoms with E-state index in [1.165, 1.54) is 16.7 Å². The predicted molar refractivity (Wildman–Crippen MR) is 210 cm³/mol. The van der Waals surface area contributed by atoms with E-state index in [4.69, 9.17) is 0 Å². The van der Waals surface area contributed by atoms with Crippen LogP contribution < -0.4 is 40.4 Å². The first-order valence-corrected chi connectivity index (χ1v) is 30.2. The molecule has 249 valence electrons. The van der Waals surface area contributed by atoms with Crippen LogP contribution in [0.1, 0.15) is 49.0 Å². The van der Waals surface area contributed by atoms with Gasteiger partial charge >= 0.3 is 295 Å². The molecule has 2 aliphatic rings. The van der Waals surface area contributed by atoms with Gasteiger partial charge in [-0.15, -0.1) is 0 Å². The van der Waals surface area contributed by atoms with Crippen LogP contribution >= 0.6 is 0 Å². The minimum atomic E-state index is -1.77. The quantitative estimate of drug-likeness (QED) is 0.251. The van der Waals surface area contributed by atoms with Crippen molar-refractivity contribution in [2.45, 2.75) is 82.8 Å². The number of halogens is 2. The van der Waals surface area contributed by atoms with Crippen molar-refractivity contribution < 1.29 is 47.6 Å². The molecule has 48 heavy (non-hydrogen) atoms. The van der Waals surface area contributed by atoms with Crippen LogP contribution in [-0.4, -0.2) is 27.4 Å². The molecule has 0 radical (unpaired) electrons. The molecular weight excluding hydrogens is 751 g/mol. The van der Waals surface area contributed by atoms with Gasteiger partial charge in [0, 0.05) is 0 Å². The molecule has 0 N–H and O–H groups in total. The number of aryl methyl sites for hydroxylation is 1. The number of fused-ring (bicyclic) bond motifs is 3. The standard InChI is InChI=1S/C29H41Si3.C13H10.2ClH.Zr/c1-19-16-22-18-23-25(21-14-12-13-15-21)20(2)28(31(6,7)8)29(32(9,10)11)27(23)26(22)24(17-19)30(3,4)5;1-3-7-12(8-4-1)11-13-9-5-2-6-10-13;;;/h12-14,16-18H,15H2,1-11H3;1-10H;2*1H;/q;;;;+2/p-2. The van der Waals surface area contributed by atoms with Gasteiger partial charge in [0.05, 0.1) is 0 Å². The summed E-state index contributed by atoms with van der Waals surface area (Å²) >= 11 is -1.26. The molecule has 0 aromatic heterocycles. The maximum atomic E-state index is 2.63. The van der Waals surface area contributed by atoms with Crippen LogP contribution in [0.3, 0.4) is 0 Å². The van der Waals surface area contributed by atoms with E-state index in [0.29, 0.717) is 3.63 Å². The predicted octanol–water partition coefficient (Wildman–Crippen LogP) is 3.71. The zero-order valence-corrected chi connectivity index (χ0v) is 37.7. The van der Waals surface area contributed by atoms with Gasteiger partial charge in [-0.05, 0) is 0 Å². The first-order valence-electron chi connectivity index (χ1n) is 17.1. The summed E-state index contributed by atoms with van der Waals surface area (Å²) in [7, 11) is -5.16. The summed E-state index contributed by atoms with van der Waals surface area (Å²) in [5, 5.41) is 5.24. The second-order valence-electron chi connectivity index (χ2n) is 16.6. The number of benzene rings is 4. The summed E-state index contributed by atoms with van der Waals surface area (Å²) in [4.78, 5) is 0. The van der Waals surface area contributed by atoms with E-state index in [0.717, 1.165) is 6.42 Å². The molecule has 4 aromatic rings. The van der Waals surface area contributed by atoms with Crippen LogP contribution in [0.4, 0.5) is 0 Å². The number of hydrogen-bond acceptors (Lipinski definition) is 0. The third-order valence-corrected chi connectivity index (χ3v) is 20.5. The summed E-state index contributed by atoms with van der Waals surface area (Å²) in [6.07, 6.45) is 8.18. The molecule has 2 aliphatic carbocycles. The van der Waals surface area contributed by atoms with Gasteiger partial charge in [0.25, 0.3) is 0 Å². The van der Waals surface area contributed by atoms with Gasteiger partial charge in [0.2, 0.25) is 0 Å². The summed E-state index contributed by atoms with van der Waals surface area (Å²) in [6, 6.07) is 27.9. The van der Waals surface area contributed by atoms with Crippen LogP contribution in [0, 0.1) is 13.8 Å². The van der Waals surface area contributed by atoms with Crippen LogP contribution in [0.15, 0.2) is 91.0 Å². The van der Waals surface area contributed by atoms with Crippen LogP contribution in [0.2, 0.25) is 58.9 Å². The van der Waals surface area contributed by atoms with E-state index in [2.05, 4.69) is 164 Å². The Hall–Kier alpha value is -1.66. The zero-order chi connectivity index (χ0) is 33.2. The minimum absolute atomic E-state index is 0. The Bertz CT molecular complexity index is 1880. The minimum Gasteiger partial charge on any atom is -1.00 e. The Morgan fingerprint density at radius 2 is 1.19 bits per heavy atom. The molecule has 0 amide bonds. The fourth-order valence-electron chi connectivity index (χ4n) is 8.09. The van der Waals surface area contributed by atoms with E-state index in [1.54, 1.807) is 57.7 Å². The van der Waals surface area contributed by atoms with E-state index in [9.17, 15) is 0 Å². The van der Waals surface area contributed by atoms with Crippen molar-refractivity contribution in [3.8, 4) is 11.1 Å². The van der Waals surface area contributed by atoms with Gasteiger partial charge in [-0.1, -0.05) is 0 Å². The topological polar surface area (TPSA) is 0 Å². The maximum absolute atomic E-state index is 2.63. The molecule has 4 aromatic carbocycles. The second kappa shape index (κ2) is 14.5. The first-order chi connectivity index (χ1) is 21.6. The van der Waals surface area contributed by atoms with Gasteiger partial charge in [-0.2, -0.15) is 0 Å². The van der Waals surface area contributed by atoms with Crippen LogP contribution in [0.5, 0.6) is 0 Å². The molecule has 1 unspecified atom stereocenters. The molecule has 0 heterocycles. The molecule has 0 fully saturated rings. The monoisotopic (exact) mass is 799 g/mol. The molecule has 6 rings (SSSR count). The molecule has 0 nitrogen and oxygen atoms in total. The molecule has 6 heteroatoms. The Kier molecular flexibility index (Phi) is 11.8. The summed E-state index contributed by atoms with van der Waals surface area (Å²) in [5.74, 6) is 0. The van der Waals surface area contributed by atoms with Gasteiger partial charge in [-0.3, -0.25) is 0 Å². The van der Waals surface area contributed by atoms with Crippen molar-refractivity contribution in [1.82, 2.24) is 0 Å². The van der Waals surface area contributed by atoms with Gasteiger partial charge in [0.15, 0.2) is 0 Å². The maximum Gasteiger partial charge on any atom is -1.00 e. The fourth-order valence-corrected chi connectivity index (χ4v) is 20.4. The molecule has 0 bridgehead atoms. The van der Waals surface area contributed by atoms with Crippen molar-refractivity contribution in [1.29, 1.82) is 0 Å². The van der Waals surface area contributed by atoms with Crippen molar-refractivity contribution in [3.63, 3.8) is 0 Å². The van der Waals surface area contributed by atoms with Crippen molar-refractivity contribution in [2.24, 2.45) is 0 Å². The van der Waals surface area contributed by atoms with Gasteiger partial charge in [-0.25, -0.2) is 0 Å². The van der Waals surface area contributed by atoms with Crippen LogP contribution in [-0.2, 0) is 22.8 Å². The summed E-state index contributed by atoms with van der Waals surface area (Å²) in [6.45, 7) is 28.3. The molecular formula is C42H51Cl2Si3Zr. The Balaban J connectivity index is 0.00000260. The smallest absolute Gasteiger partial charge is 1.00 e. The molecule has 0 saturated heterocycles. The number of rotatable bonds is 7. The Morgan fingerprint density at radius 1 is 0.646 bits per heavy atom. The first kappa shape index (κ1) is 39.1. The van der Waals surface area contributed by atoms with Crippen molar-refractivity contribution in [2.75, 3.05) is 0 Å². The Labute approximate surface area is 317 Å². The third kappa shape index (κ3) is 7.23. The summed E-state index contributed by atoms with van der Waals surface area (Å²) < 4.78 is 2.09. The van der Waals surface area contributed by atoms with Gasteiger partial charge < -0.3 is 24.8 Å². The largest absolute Gasteiger partial charge is 1.00 e. The SMILES string of the molecule is Cc1cc2c(c([Si](C)(C)C)c1)-c1c(c(C3=CC=CC3)c(C)c([Si](C)(C)C)c1[Si](C)(C)C)[CH]2[Zr+2]=[C](c1ccccc1)c1ccccc1.[Cl-].[Cl-]. The normalized spacial score (nSPS) is 15.1. The molecule has 0 aliphatic heterocycles. The second-order valence-corrected chi connectivity index (χ2v) is 35.0. The fraction of sp³-hybridized carbons (Fsp3) is 0.310. The number of allylic oxidation sites excluding steroid dienone is 4. The van der Waals surface area contributed by atoms with Crippen molar-refractivity contribution in [3.05, 3.63) is 130 Å². The van der Waals surface area contributed by atoms with Gasteiger partial charge in [0.1, 0.15) is 0 Å². The average molecular weight is 802 g/mol. The molecule has 0 saturated carbocycles.